The van der Waals surface area contributed by atoms with Gasteiger partial charge in [0.2, 0.25) is 0 Å². The highest BCUT2D eigenvalue weighted by Crippen LogP contribution is 2.25. The number of rotatable bonds is 4. The SMILES string of the molecule is COc1ccc2c(c1)nc(SCC(=O)O)n2C. The second kappa shape index (κ2) is 4.67. The van der Waals surface area contributed by atoms with Gasteiger partial charge in [-0.2, -0.15) is 0 Å². The number of benzene rings is 1. The summed E-state index contributed by atoms with van der Waals surface area (Å²) >= 11 is 1.21. The quantitative estimate of drug-likeness (QED) is 0.840. The number of carboxylic acids is 1. The van der Waals surface area contributed by atoms with E-state index in [0.717, 1.165) is 16.8 Å². The van der Waals surface area contributed by atoms with Gasteiger partial charge in [0.15, 0.2) is 5.16 Å². The standard InChI is InChI=1S/C11H12N2O3S/c1-13-9-4-3-7(16-2)5-8(9)12-11(13)17-6-10(14)15/h3-5H,6H2,1-2H3,(H,14,15). The van der Waals surface area contributed by atoms with Crippen molar-refractivity contribution in [3.8, 4) is 5.75 Å². The van der Waals surface area contributed by atoms with Gasteiger partial charge in [-0.25, -0.2) is 4.98 Å². The summed E-state index contributed by atoms with van der Waals surface area (Å²) < 4.78 is 7.00. The van der Waals surface area contributed by atoms with Gasteiger partial charge in [-0.05, 0) is 12.1 Å². The minimum Gasteiger partial charge on any atom is -0.497 e. The van der Waals surface area contributed by atoms with Crippen molar-refractivity contribution in [2.24, 2.45) is 7.05 Å². The summed E-state index contributed by atoms with van der Waals surface area (Å²) in [6.45, 7) is 0. The Morgan fingerprint density at radius 1 is 1.59 bits per heavy atom. The van der Waals surface area contributed by atoms with Gasteiger partial charge >= 0.3 is 5.97 Å². The zero-order valence-electron chi connectivity index (χ0n) is 9.51. The van der Waals surface area contributed by atoms with Crippen LogP contribution < -0.4 is 4.74 Å². The molecule has 6 heteroatoms. The maximum absolute atomic E-state index is 10.5. The molecule has 17 heavy (non-hydrogen) atoms. The molecule has 1 aromatic heterocycles. The van der Waals surface area contributed by atoms with E-state index in [1.165, 1.54) is 11.8 Å². The molecule has 0 saturated carbocycles. The molecule has 2 rings (SSSR count). The molecule has 0 aliphatic rings. The molecule has 1 aromatic carbocycles. The molecule has 0 aliphatic heterocycles. The smallest absolute Gasteiger partial charge is 0.313 e. The van der Waals surface area contributed by atoms with Crippen LogP contribution >= 0.6 is 11.8 Å². The predicted octanol–water partition coefficient (Wildman–Crippen LogP) is 1.76. The van der Waals surface area contributed by atoms with E-state index in [9.17, 15) is 4.79 Å². The van der Waals surface area contributed by atoms with Crippen molar-refractivity contribution in [1.29, 1.82) is 0 Å². The van der Waals surface area contributed by atoms with Crippen molar-refractivity contribution in [3.05, 3.63) is 18.2 Å². The van der Waals surface area contributed by atoms with E-state index in [-0.39, 0.29) is 5.75 Å². The van der Waals surface area contributed by atoms with Crippen LogP contribution in [0.25, 0.3) is 11.0 Å². The van der Waals surface area contributed by atoms with Gasteiger partial charge in [0.25, 0.3) is 0 Å². The summed E-state index contributed by atoms with van der Waals surface area (Å²) in [7, 11) is 3.47. The third-order valence-corrected chi connectivity index (χ3v) is 3.39. The zero-order chi connectivity index (χ0) is 12.4. The van der Waals surface area contributed by atoms with E-state index < -0.39 is 5.97 Å². The average molecular weight is 252 g/mol. The summed E-state index contributed by atoms with van der Waals surface area (Å²) in [6, 6.07) is 5.60. The lowest BCUT2D eigenvalue weighted by Crippen LogP contribution is -2.00. The second-order valence-electron chi connectivity index (χ2n) is 3.49. The molecule has 0 amide bonds. The zero-order valence-corrected chi connectivity index (χ0v) is 10.3. The molecule has 0 spiro atoms. The number of hydrogen-bond acceptors (Lipinski definition) is 4. The topological polar surface area (TPSA) is 64.3 Å². The Hall–Kier alpha value is -1.69. The second-order valence-corrected chi connectivity index (χ2v) is 4.43. The van der Waals surface area contributed by atoms with Crippen molar-refractivity contribution in [2.45, 2.75) is 5.16 Å². The van der Waals surface area contributed by atoms with Gasteiger partial charge in [-0.15, -0.1) is 0 Å². The van der Waals surface area contributed by atoms with Gasteiger partial charge in [0, 0.05) is 13.1 Å². The molecule has 90 valence electrons. The lowest BCUT2D eigenvalue weighted by atomic mass is 10.3. The Morgan fingerprint density at radius 3 is 3.00 bits per heavy atom. The van der Waals surface area contributed by atoms with Crippen molar-refractivity contribution in [3.63, 3.8) is 0 Å². The number of carboxylic acid groups (broad SMARTS) is 1. The number of thioether (sulfide) groups is 1. The molecule has 1 N–H and O–H groups in total. The van der Waals surface area contributed by atoms with E-state index >= 15 is 0 Å². The number of nitrogens with zero attached hydrogens (tertiary/aromatic N) is 2. The number of ether oxygens (including phenoxy) is 1. The first kappa shape index (κ1) is 11.8. The molecule has 0 bridgehead atoms. The van der Waals surface area contributed by atoms with Gasteiger partial charge in [-0.1, -0.05) is 11.8 Å². The normalized spacial score (nSPS) is 10.7. The van der Waals surface area contributed by atoms with Gasteiger partial charge in [0.05, 0.1) is 23.9 Å². The highest BCUT2D eigenvalue weighted by atomic mass is 32.2. The van der Waals surface area contributed by atoms with Crippen LogP contribution in [-0.4, -0.2) is 33.5 Å². The molecule has 0 atom stereocenters. The van der Waals surface area contributed by atoms with Crippen molar-refractivity contribution >= 4 is 28.8 Å². The van der Waals surface area contributed by atoms with Crippen LogP contribution in [0, 0.1) is 0 Å². The van der Waals surface area contributed by atoms with Crippen LogP contribution in [0.4, 0.5) is 0 Å². The van der Waals surface area contributed by atoms with E-state index in [0.29, 0.717) is 5.16 Å². The third kappa shape index (κ3) is 2.36. The monoisotopic (exact) mass is 252 g/mol. The highest BCUT2D eigenvalue weighted by molar-refractivity contribution is 7.99. The Morgan fingerprint density at radius 2 is 2.35 bits per heavy atom. The Bertz CT molecular complexity index is 565. The number of fused-ring (bicyclic) bond motifs is 1. The van der Waals surface area contributed by atoms with E-state index in [1.54, 1.807) is 7.11 Å². The molecular formula is C11H12N2O3S. The first-order valence-electron chi connectivity index (χ1n) is 4.97. The van der Waals surface area contributed by atoms with E-state index in [2.05, 4.69) is 4.98 Å². The Kier molecular flexibility index (Phi) is 3.23. The average Bonchev–Trinajstić information content (AvgIpc) is 2.63. The first-order chi connectivity index (χ1) is 8.11. The van der Waals surface area contributed by atoms with Crippen LogP contribution in [0.3, 0.4) is 0 Å². The molecule has 0 aliphatic carbocycles. The van der Waals surface area contributed by atoms with Crippen molar-refractivity contribution < 1.29 is 14.6 Å². The van der Waals surface area contributed by atoms with E-state index in [1.807, 2.05) is 29.8 Å². The first-order valence-corrected chi connectivity index (χ1v) is 5.95. The summed E-state index contributed by atoms with van der Waals surface area (Å²) in [5.74, 6) is -0.0982. The number of aromatic nitrogens is 2. The third-order valence-electron chi connectivity index (χ3n) is 2.37. The molecule has 0 saturated heterocycles. The van der Waals surface area contributed by atoms with Gasteiger partial charge in [-0.3, -0.25) is 4.79 Å². The van der Waals surface area contributed by atoms with Crippen molar-refractivity contribution in [2.75, 3.05) is 12.9 Å². The summed E-state index contributed by atoms with van der Waals surface area (Å²) in [5, 5.41) is 9.34. The van der Waals surface area contributed by atoms with Crippen LogP contribution in [-0.2, 0) is 11.8 Å². The van der Waals surface area contributed by atoms with Crippen LogP contribution in [0.2, 0.25) is 0 Å². The number of imidazole rings is 1. The van der Waals surface area contributed by atoms with Gasteiger partial charge < -0.3 is 14.4 Å². The maximum Gasteiger partial charge on any atom is 0.313 e. The maximum atomic E-state index is 10.5. The fraction of sp³-hybridized carbons (Fsp3) is 0.273. The number of hydrogen-bond donors (Lipinski definition) is 1. The minimum atomic E-state index is -0.848. The summed E-state index contributed by atoms with van der Waals surface area (Å²) in [5.41, 5.74) is 1.76. The van der Waals surface area contributed by atoms with Crippen LogP contribution in [0.5, 0.6) is 5.75 Å². The fourth-order valence-electron chi connectivity index (χ4n) is 1.54. The molecule has 0 fully saturated rings. The number of aliphatic carboxylic acids is 1. The van der Waals surface area contributed by atoms with Crippen LogP contribution in [0.1, 0.15) is 0 Å². The van der Waals surface area contributed by atoms with Gasteiger partial charge in [0.1, 0.15) is 5.75 Å². The molecular weight excluding hydrogens is 240 g/mol. The molecule has 2 aromatic rings. The van der Waals surface area contributed by atoms with Crippen LogP contribution in [0.15, 0.2) is 23.4 Å². The molecule has 0 radical (unpaired) electrons. The number of carbonyl (C=O) groups is 1. The predicted molar refractivity (Wildman–Crippen MR) is 65.6 cm³/mol. The largest absolute Gasteiger partial charge is 0.497 e. The molecule has 5 nitrogen and oxygen atoms in total. The lowest BCUT2D eigenvalue weighted by molar-refractivity contribution is -0.133. The van der Waals surface area contributed by atoms with Crippen molar-refractivity contribution in [1.82, 2.24) is 9.55 Å². The lowest BCUT2D eigenvalue weighted by Gasteiger charge is -2.00. The molecule has 1 heterocycles. The minimum absolute atomic E-state index is 0.00823. The number of aryl methyl sites for hydroxylation is 1. The Labute approximate surface area is 102 Å². The van der Waals surface area contributed by atoms with E-state index in [4.69, 9.17) is 9.84 Å². The molecule has 0 unspecified atom stereocenters. The fourth-order valence-corrected chi connectivity index (χ4v) is 2.25. The summed E-state index contributed by atoms with van der Waals surface area (Å²) in [6.07, 6.45) is 0. The summed E-state index contributed by atoms with van der Waals surface area (Å²) in [4.78, 5) is 14.9. The number of methoxy groups -OCH3 is 1. The highest BCUT2D eigenvalue weighted by Gasteiger charge is 2.10. The Balaban J connectivity index is 2.38.